The van der Waals surface area contributed by atoms with E-state index in [9.17, 15) is 48.8 Å². The number of unbranched alkanes of at least 4 members (excludes halogenated alkanes) is 2. The number of fused-ring (bicyclic) bond motifs is 2. The molecule has 1 aliphatic carbocycles. The van der Waals surface area contributed by atoms with E-state index < -0.39 is 52.9 Å². The minimum absolute atomic E-state index is 0. The van der Waals surface area contributed by atoms with Crippen molar-refractivity contribution in [3.63, 3.8) is 0 Å². The Bertz CT molecular complexity index is 2860. The van der Waals surface area contributed by atoms with Crippen LogP contribution in [0.25, 0.3) is 5.57 Å². The summed E-state index contributed by atoms with van der Waals surface area (Å²) in [6, 6.07) is 14.2. The Morgan fingerprint density at radius 2 is 1.57 bits per heavy atom. The third kappa shape index (κ3) is 12.9. The molecule has 0 saturated heterocycles. The normalized spacial score (nSPS) is 18.1. The maximum Gasteiger partial charge on any atom is 1.00 e. The van der Waals surface area contributed by atoms with E-state index in [4.69, 9.17) is 16.6 Å². The third-order valence-electron chi connectivity index (χ3n) is 12.1. The number of allylic oxidation sites excluding steroid dienone is 8. The molecule has 3 N–H and O–H groups in total. The van der Waals surface area contributed by atoms with Crippen molar-refractivity contribution in [2.45, 2.75) is 108 Å². The Labute approximate surface area is 410 Å². The van der Waals surface area contributed by atoms with Gasteiger partial charge in [0.05, 0.1) is 38.9 Å². The van der Waals surface area contributed by atoms with E-state index in [1.165, 1.54) is 12.1 Å². The number of anilines is 1. The second kappa shape index (κ2) is 20.8. The van der Waals surface area contributed by atoms with Crippen molar-refractivity contribution in [3.05, 3.63) is 123 Å². The number of aromatic nitrogens is 1. The van der Waals surface area contributed by atoms with Crippen LogP contribution in [-0.4, -0.2) is 73.7 Å². The molecule has 346 valence electrons. The first-order valence-electron chi connectivity index (χ1n) is 21.1. The quantitative estimate of drug-likeness (QED) is 0.0613. The zero-order valence-corrected chi connectivity index (χ0v) is 42.5. The molecule has 0 spiro atoms. The molecule has 0 radical (unpaired) electrons. The first kappa shape index (κ1) is 52.5. The number of nitrogens with zero attached hydrogens (tertiary/aromatic N) is 3. The van der Waals surface area contributed by atoms with Crippen molar-refractivity contribution in [1.82, 2.24) is 0 Å². The second-order valence-corrected chi connectivity index (χ2v) is 22.5. The number of hydrogen-bond acceptors (Lipinski definition) is 10. The molecule has 6 rings (SSSR count). The molecule has 0 atom stereocenters. The van der Waals surface area contributed by atoms with E-state index in [2.05, 4.69) is 26.0 Å². The molecule has 3 aromatic rings. The van der Waals surface area contributed by atoms with Crippen LogP contribution in [0.2, 0.25) is 5.02 Å². The summed E-state index contributed by atoms with van der Waals surface area (Å²) in [4.78, 5) is 18.0. The van der Waals surface area contributed by atoms with Crippen LogP contribution in [0.5, 0.6) is 0 Å². The number of rotatable bonds is 19. The number of halogens is 1. The van der Waals surface area contributed by atoms with Crippen LogP contribution in [0, 0.1) is 0 Å². The van der Waals surface area contributed by atoms with Gasteiger partial charge in [-0.1, -0.05) is 61.9 Å². The molecule has 19 heteroatoms. The standard InChI is InChI=1S/C46H54ClN3O11S3.Na.H/c1-45(2)38-28-35(47)30-49(23-5-7-25-62(53,54)55)44(38)48-40(45)21-17-32-15-16-33(43(32)34-13-9-11-31(27-34)12-10-14-42(51)52)18-22-41-46(3,4)37-29-36(64(59,60)61)19-20-39(37)50(41)24-6-8-26-63(56,57)58;;/h9,11,13,17-22,27-30H,5-8,10,12,14-16,23-26H2,1-4H3,(H3-,51,52,53,54,55,56,57,58,59,60,61);;/q;+1;-1. The molecule has 65 heavy (non-hydrogen) atoms. The predicted octanol–water partition coefficient (Wildman–Crippen LogP) is 5.17. The minimum atomic E-state index is -4.76. The van der Waals surface area contributed by atoms with Crippen LogP contribution in [0.1, 0.15) is 103 Å². The molecule has 0 bridgehead atoms. The average Bonchev–Trinajstić information content (AvgIpc) is 3.78. The number of pyridine rings is 1. The summed E-state index contributed by atoms with van der Waals surface area (Å²) in [5.41, 5.74) is 7.49. The van der Waals surface area contributed by atoms with Gasteiger partial charge >= 0.3 is 41.3 Å². The Balaban J connectivity index is 0.00000476. The van der Waals surface area contributed by atoms with Gasteiger partial charge in [-0.2, -0.15) is 16.8 Å². The summed E-state index contributed by atoms with van der Waals surface area (Å²) in [7, 11) is -13.0. The topological polar surface area (TPSA) is 223 Å². The molecule has 3 heterocycles. The van der Waals surface area contributed by atoms with Gasteiger partial charge in [-0.15, -0.1) is 0 Å². The number of aliphatic carboxylic acids is 1. The van der Waals surface area contributed by atoms with E-state index >= 15 is 0 Å². The third-order valence-corrected chi connectivity index (χ3v) is 14.8. The van der Waals surface area contributed by atoms with E-state index in [0.29, 0.717) is 73.7 Å². The average molecular weight is 981 g/mol. The summed E-state index contributed by atoms with van der Waals surface area (Å²) < 4.78 is 102. The fourth-order valence-corrected chi connectivity index (χ4v) is 10.6. The molecular formula is C46H55ClN3NaO11S3. The molecule has 1 aromatic heterocycles. The summed E-state index contributed by atoms with van der Waals surface area (Å²) in [6.07, 6.45) is 13.7. The van der Waals surface area contributed by atoms with Crippen LogP contribution in [0.4, 0.5) is 11.5 Å². The molecular weight excluding hydrogens is 925 g/mol. The number of benzene rings is 2. The maximum absolute atomic E-state index is 12.1. The van der Waals surface area contributed by atoms with E-state index in [1.54, 1.807) is 12.3 Å². The molecule has 0 unspecified atom stereocenters. The van der Waals surface area contributed by atoms with Crippen molar-refractivity contribution in [2.24, 2.45) is 4.99 Å². The van der Waals surface area contributed by atoms with Gasteiger partial charge in [0, 0.05) is 29.8 Å². The fourth-order valence-electron chi connectivity index (χ4n) is 8.78. The Kier molecular flexibility index (Phi) is 16.8. The summed E-state index contributed by atoms with van der Waals surface area (Å²) >= 11 is 6.59. The van der Waals surface area contributed by atoms with E-state index in [0.717, 1.165) is 44.8 Å². The molecule has 2 aromatic carbocycles. The van der Waals surface area contributed by atoms with Crippen LogP contribution in [0.15, 0.2) is 106 Å². The summed E-state index contributed by atoms with van der Waals surface area (Å²) in [5, 5.41) is 9.80. The molecule has 3 aliphatic rings. The van der Waals surface area contributed by atoms with Crippen molar-refractivity contribution < 1.29 is 84.4 Å². The number of aliphatic imine (C=N–C) groups is 1. The minimum Gasteiger partial charge on any atom is -1.00 e. The first-order valence-corrected chi connectivity index (χ1v) is 26.1. The van der Waals surface area contributed by atoms with Gasteiger partial charge in [-0.3, -0.25) is 13.9 Å². The second-order valence-electron chi connectivity index (χ2n) is 17.5. The predicted molar refractivity (Wildman–Crippen MR) is 247 cm³/mol. The maximum atomic E-state index is 12.1. The molecule has 0 fully saturated rings. The monoisotopic (exact) mass is 979 g/mol. The summed E-state index contributed by atoms with van der Waals surface area (Å²) in [6.45, 7) is 8.81. The van der Waals surface area contributed by atoms with Crippen molar-refractivity contribution in [3.8, 4) is 0 Å². The van der Waals surface area contributed by atoms with Gasteiger partial charge in [-0.25, -0.2) is 13.0 Å². The largest absolute Gasteiger partial charge is 1.00 e. The zero-order chi connectivity index (χ0) is 46.8. The Hall–Kier alpha value is -3.49. The van der Waals surface area contributed by atoms with E-state index in [-0.39, 0.29) is 60.9 Å². The van der Waals surface area contributed by atoms with Crippen molar-refractivity contribution in [1.29, 1.82) is 0 Å². The first-order chi connectivity index (χ1) is 29.8. The Morgan fingerprint density at radius 3 is 2.23 bits per heavy atom. The van der Waals surface area contributed by atoms with E-state index in [1.807, 2.05) is 65.8 Å². The van der Waals surface area contributed by atoms with Gasteiger partial charge < -0.3 is 16.0 Å². The molecule has 14 nitrogen and oxygen atoms in total. The van der Waals surface area contributed by atoms with Crippen molar-refractivity contribution in [2.75, 3.05) is 23.0 Å². The van der Waals surface area contributed by atoms with Gasteiger partial charge in [0.2, 0.25) is 0 Å². The van der Waals surface area contributed by atoms with Gasteiger partial charge in [0.15, 0.2) is 5.71 Å². The SMILES string of the molecule is CC1(C)C(=CC=C2CCC(C=CC3=Nc4c(cc(Cl)c[n+]4CCCCS(=O)(=O)O)C3(C)C)=C2c2cccc(CCCC(=O)O)c2)N(CCCCS(=O)(=O)O)c2ccc(S(=O)(=O)[O-])cc21.[H-].[Na+]. The molecule has 2 aliphatic heterocycles. The van der Waals surface area contributed by atoms with Gasteiger partial charge in [0.25, 0.3) is 20.2 Å². The number of carboxylic acids is 1. The van der Waals surface area contributed by atoms with Gasteiger partial charge in [-0.05, 0) is 140 Å². The van der Waals surface area contributed by atoms with Crippen LogP contribution < -0.4 is 39.0 Å². The number of aryl methyl sites for hydroxylation is 2. The van der Waals surface area contributed by atoms with Crippen molar-refractivity contribution >= 4 is 70.7 Å². The number of hydrogen-bond donors (Lipinski definition) is 3. The fraction of sp³-hybridized carbons (Fsp3) is 0.413. The van der Waals surface area contributed by atoms with Crippen LogP contribution in [-0.2, 0) is 58.9 Å². The number of carboxylic acid groups (broad SMARTS) is 1. The zero-order valence-electron chi connectivity index (χ0n) is 38.2. The molecule has 0 saturated carbocycles. The van der Waals surface area contributed by atoms with Gasteiger partial charge in [0.1, 0.15) is 16.3 Å². The Morgan fingerprint density at radius 1 is 0.877 bits per heavy atom. The molecule has 0 amide bonds. The van der Waals surface area contributed by atoms with Crippen LogP contribution >= 0.6 is 11.6 Å². The van der Waals surface area contributed by atoms with Crippen LogP contribution in [0.3, 0.4) is 0 Å². The summed E-state index contributed by atoms with van der Waals surface area (Å²) in [5.74, 6) is -0.892. The number of carbonyl (C=O) groups is 1. The smallest absolute Gasteiger partial charge is 1.00 e.